The first-order valence-corrected chi connectivity index (χ1v) is 11.6. The summed E-state index contributed by atoms with van der Waals surface area (Å²) in [6.45, 7) is 12.1. The normalized spacial score (nSPS) is 43.8. The lowest BCUT2D eigenvalue weighted by molar-refractivity contribution is -0.278. The Morgan fingerprint density at radius 2 is 1.91 bits per heavy atom. The quantitative estimate of drug-likeness (QED) is 0.371. The number of aliphatic hydroxyl groups excluding tert-OH is 1. The summed E-state index contributed by atoms with van der Waals surface area (Å²) in [5, 5.41) is 23.6. The number of fused-ring (bicyclic) bond motifs is 5. The third-order valence-corrected chi connectivity index (χ3v) is 8.90. The lowest BCUT2D eigenvalue weighted by Gasteiger charge is -2.64. The van der Waals surface area contributed by atoms with Crippen LogP contribution in [0.5, 0.6) is 0 Å². The van der Waals surface area contributed by atoms with Crippen LogP contribution < -0.4 is 0 Å². The maximum Gasteiger partial charge on any atom is 0.330 e. The Balaban J connectivity index is 2.02. The summed E-state index contributed by atoms with van der Waals surface area (Å²) in [5.74, 6) is -2.72. The Morgan fingerprint density at radius 1 is 1.24 bits per heavy atom. The van der Waals surface area contributed by atoms with Gasteiger partial charge in [0.1, 0.15) is 11.7 Å². The molecule has 1 heterocycles. The van der Waals surface area contributed by atoms with E-state index >= 15 is 0 Å². The molecule has 3 fully saturated rings. The lowest BCUT2D eigenvalue weighted by atomic mass is 9.46. The summed E-state index contributed by atoms with van der Waals surface area (Å²) in [7, 11) is 0. The van der Waals surface area contributed by atoms with E-state index in [1.165, 1.54) is 6.92 Å². The Hall–Kier alpha value is -2.03. The fourth-order valence-electron chi connectivity index (χ4n) is 6.89. The fourth-order valence-corrected chi connectivity index (χ4v) is 6.89. The van der Waals surface area contributed by atoms with Crippen LogP contribution in [0.4, 0.5) is 0 Å². The summed E-state index contributed by atoms with van der Waals surface area (Å²) in [4.78, 5) is 38.9. The number of carbonyl (C=O) groups excluding carboxylic acids is 3. The number of rotatable bonds is 3. The molecule has 182 valence electrons. The van der Waals surface area contributed by atoms with Gasteiger partial charge in [0.2, 0.25) is 0 Å². The number of ketones is 1. The number of allylic oxidation sites excluding steroid dienone is 1. The van der Waals surface area contributed by atoms with Gasteiger partial charge in [-0.05, 0) is 32.3 Å². The van der Waals surface area contributed by atoms with Gasteiger partial charge in [0.15, 0.2) is 11.9 Å². The van der Waals surface area contributed by atoms with Crippen LogP contribution in [-0.2, 0) is 28.6 Å². The molecule has 33 heavy (non-hydrogen) atoms. The zero-order valence-electron chi connectivity index (χ0n) is 19.9. The third-order valence-electron chi connectivity index (χ3n) is 8.90. The topological polar surface area (TPSA) is 119 Å². The maximum atomic E-state index is 14.3. The van der Waals surface area contributed by atoms with Gasteiger partial charge in [-0.1, -0.05) is 26.0 Å². The molecule has 2 N–H and O–H groups in total. The van der Waals surface area contributed by atoms with E-state index in [1.54, 1.807) is 20.8 Å². The van der Waals surface area contributed by atoms with Crippen LogP contribution >= 0.6 is 0 Å². The molecular formula is C25H34O8. The minimum atomic E-state index is -1.58. The standard InChI is InChI=1S/C25H34O8/c1-7-17(28)33-22-19-14-11-31-15(14)10-16(27)24(19,6)21(29)20(32-13(3)26)18-12(2)8-9-25(22,30)23(18,4)5/h7,14-16,19-20,22,27,30H,1,8-11H2,2-6H3/t14-,15-,16+,19?,20-,22+,24-,25-/m1/s1. The van der Waals surface area contributed by atoms with Crippen molar-refractivity contribution in [2.24, 2.45) is 22.7 Å². The second kappa shape index (κ2) is 7.75. The van der Waals surface area contributed by atoms with E-state index in [2.05, 4.69) is 6.58 Å². The summed E-state index contributed by atoms with van der Waals surface area (Å²) >= 11 is 0. The number of aliphatic hydroxyl groups is 2. The van der Waals surface area contributed by atoms with Gasteiger partial charge in [-0.3, -0.25) is 9.59 Å². The monoisotopic (exact) mass is 462 g/mol. The van der Waals surface area contributed by atoms with Crippen LogP contribution in [-0.4, -0.2) is 64.6 Å². The molecule has 8 heteroatoms. The molecule has 0 spiro atoms. The van der Waals surface area contributed by atoms with E-state index in [0.29, 0.717) is 18.6 Å². The van der Waals surface area contributed by atoms with Gasteiger partial charge in [-0.15, -0.1) is 0 Å². The molecule has 4 rings (SSSR count). The largest absolute Gasteiger partial charge is 0.456 e. The van der Waals surface area contributed by atoms with Gasteiger partial charge in [0.25, 0.3) is 0 Å². The maximum absolute atomic E-state index is 14.3. The van der Waals surface area contributed by atoms with Crippen LogP contribution in [0.25, 0.3) is 0 Å². The average Bonchev–Trinajstić information content (AvgIpc) is 2.72. The van der Waals surface area contributed by atoms with E-state index in [1.807, 2.05) is 6.92 Å². The first-order chi connectivity index (χ1) is 15.3. The third kappa shape index (κ3) is 3.17. The smallest absolute Gasteiger partial charge is 0.330 e. The molecule has 1 saturated heterocycles. The van der Waals surface area contributed by atoms with E-state index in [-0.39, 0.29) is 24.9 Å². The highest BCUT2D eigenvalue weighted by atomic mass is 16.6. The van der Waals surface area contributed by atoms with Crippen molar-refractivity contribution in [3.8, 4) is 0 Å². The van der Waals surface area contributed by atoms with Crippen molar-refractivity contribution in [2.45, 2.75) is 83.9 Å². The first kappa shape index (κ1) is 24.1. The number of carbonyl (C=O) groups is 3. The minimum absolute atomic E-state index is 0.212. The number of ether oxygens (including phenoxy) is 3. The van der Waals surface area contributed by atoms with Crippen molar-refractivity contribution < 1.29 is 38.8 Å². The summed E-state index contributed by atoms with van der Waals surface area (Å²) < 4.78 is 17.2. The van der Waals surface area contributed by atoms with Crippen molar-refractivity contribution >= 4 is 17.7 Å². The van der Waals surface area contributed by atoms with Crippen LogP contribution in [0.2, 0.25) is 0 Å². The van der Waals surface area contributed by atoms with Gasteiger partial charge < -0.3 is 24.4 Å². The lowest BCUT2D eigenvalue weighted by Crippen LogP contribution is -2.74. The predicted octanol–water partition coefficient (Wildman–Crippen LogP) is 1.87. The highest BCUT2D eigenvalue weighted by molar-refractivity contribution is 5.95. The Bertz CT molecular complexity index is 935. The predicted molar refractivity (Wildman–Crippen MR) is 117 cm³/mol. The molecule has 1 unspecified atom stereocenters. The van der Waals surface area contributed by atoms with Crippen molar-refractivity contribution in [2.75, 3.05) is 6.61 Å². The second-order valence-corrected chi connectivity index (χ2v) is 10.8. The van der Waals surface area contributed by atoms with Gasteiger partial charge in [0, 0.05) is 36.7 Å². The second-order valence-electron chi connectivity index (χ2n) is 10.8. The van der Waals surface area contributed by atoms with Gasteiger partial charge in [-0.2, -0.15) is 0 Å². The van der Waals surface area contributed by atoms with Gasteiger partial charge in [-0.25, -0.2) is 4.79 Å². The molecule has 0 aromatic heterocycles. The Morgan fingerprint density at radius 3 is 2.45 bits per heavy atom. The fraction of sp³-hybridized carbons (Fsp3) is 0.720. The van der Waals surface area contributed by atoms with E-state index < -0.39 is 58.4 Å². The van der Waals surface area contributed by atoms with Crippen molar-refractivity contribution in [3.05, 3.63) is 23.8 Å². The van der Waals surface area contributed by atoms with Crippen LogP contribution in [0, 0.1) is 22.7 Å². The number of esters is 2. The number of Topliss-reactive ketones (excluding diaryl/α,β-unsaturated/α-hetero) is 1. The molecule has 8 nitrogen and oxygen atoms in total. The van der Waals surface area contributed by atoms with E-state index in [4.69, 9.17) is 14.2 Å². The van der Waals surface area contributed by atoms with Crippen molar-refractivity contribution in [3.63, 3.8) is 0 Å². The van der Waals surface area contributed by atoms with Crippen LogP contribution in [0.1, 0.15) is 53.9 Å². The summed E-state index contributed by atoms with van der Waals surface area (Å²) in [5.41, 5.74) is -2.74. The number of hydrogen-bond donors (Lipinski definition) is 2. The zero-order chi connectivity index (χ0) is 24.5. The Labute approximate surface area is 194 Å². The SMILES string of the molecule is C=CC(=O)O[C@H]1C2[C@@H]3CO[C@@H]3C[C@H](O)[C@@]2(C)C(=O)[C@H](OC(C)=O)C2=C(C)CC[C@]1(O)C2(C)C. The zero-order valence-corrected chi connectivity index (χ0v) is 19.9. The highest BCUT2D eigenvalue weighted by Crippen LogP contribution is 2.62. The molecule has 0 aromatic rings. The van der Waals surface area contributed by atoms with Crippen molar-refractivity contribution in [1.29, 1.82) is 0 Å². The molecule has 2 saturated carbocycles. The van der Waals surface area contributed by atoms with Crippen LogP contribution in [0.15, 0.2) is 23.8 Å². The molecule has 0 aromatic carbocycles. The van der Waals surface area contributed by atoms with Crippen LogP contribution in [0.3, 0.4) is 0 Å². The van der Waals surface area contributed by atoms with Gasteiger partial charge >= 0.3 is 11.9 Å². The molecule has 4 aliphatic rings. The summed E-state index contributed by atoms with van der Waals surface area (Å²) in [6.07, 6.45) is -1.79. The molecule has 0 radical (unpaired) electrons. The first-order valence-electron chi connectivity index (χ1n) is 11.6. The Kier molecular flexibility index (Phi) is 5.66. The van der Waals surface area contributed by atoms with Gasteiger partial charge in [0.05, 0.1) is 24.2 Å². The summed E-state index contributed by atoms with van der Waals surface area (Å²) in [6, 6.07) is 0. The molecule has 3 aliphatic carbocycles. The van der Waals surface area contributed by atoms with E-state index in [0.717, 1.165) is 11.6 Å². The molecule has 0 amide bonds. The van der Waals surface area contributed by atoms with Crippen molar-refractivity contribution in [1.82, 2.24) is 0 Å². The molecular weight excluding hydrogens is 428 g/mol. The molecule has 2 bridgehead atoms. The molecule has 1 aliphatic heterocycles. The number of hydrogen-bond acceptors (Lipinski definition) is 8. The van der Waals surface area contributed by atoms with E-state index in [9.17, 15) is 24.6 Å². The highest BCUT2D eigenvalue weighted by Gasteiger charge is 2.71. The average molecular weight is 463 g/mol. The minimum Gasteiger partial charge on any atom is -0.456 e. The molecule has 8 atom stereocenters.